The van der Waals surface area contributed by atoms with Crippen LogP contribution in [-0.4, -0.2) is 36.9 Å². The Morgan fingerprint density at radius 1 is 1.29 bits per heavy atom. The van der Waals surface area contributed by atoms with Crippen molar-refractivity contribution in [3.63, 3.8) is 0 Å². The highest BCUT2D eigenvalue weighted by Crippen LogP contribution is 2.29. The summed E-state index contributed by atoms with van der Waals surface area (Å²) in [6.45, 7) is 5.77. The van der Waals surface area contributed by atoms with Crippen LogP contribution < -0.4 is 5.32 Å². The molecule has 2 atom stereocenters. The number of carboxylic acid groups (broad SMARTS) is 1. The highest BCUT2D eigenvalue weighted by Gasteiger charge is 2.33. The highest BCUT2D eigenvalue weighted by molar-refractivity contribution is 5.75. The maximum absolute atomic E-state index is 11.2. The minimum Gasteiger partial charge on any atom is -0.480 e. The number of ether oxygens (including phenoxy) is 2. The van der Waals surface area contributed by atoms with Crippen LogP contribution in [0, 0.1) is 0 Å². The predicted molar refractivity (Wildman–Crippen MR) is 79.2 cm³/mol. The second-order valence-electron chi connectivity index (χ2n) is 5.07. The second kappa shape index (κ2) is 7.54. The van der Waals surface area contributed by atoms with Crippen molar-refractivity contribution in [3.8, 4) is 0 Å². The summed E-state index contributed by atoms with van der Waals surface area (Å²) in [6.07, 6.45) is 0.488. The monoisotopic (exact) mass is 293 g/mol. The van der Waals surface area contributed by atoms with E-state index in [0.29, 0.717) is 13.2 Å². The van der Waals surface area contributed by atoms with Gasteiger partial charge in [-0.25, -0.2) is 0 Å². The van der Waals surface area contributed by atoms with Crippen molar-refractivity contribution >= 4 is 5.97 Å². The lowest BCUT2D eigenvalue weighted by Crippen LogP contribution is -2.34. The molecule has 1 aliphatic heterocycles. The fraction of sp³-hybridized carbons (Fsp3) is 0.562. The van der Waals surface area contributed by atoms with E-state index >= 15 is 0 Å². The molecule has 1 aromatic carbocycles. The van der Waals surface area contributed by atoms with E-state index in [1.807, 2.05) is 38.1 Å². The van der Waals surface area contributed by atoms with Gasteiger partial charge in [0, 0.05) is 24.7 Å². The molecule has 1 aliphatic rings. The largest absolute Gasteiger partial charge is 0.480 e. The normalized spacial score (nSPS) is 21.9. The van der Waals surface area contributed by atoms with Gasteiger partial charge < -0.3 is 19.9 Å². The summed E-state index contributed by atoms with van der Waals surface area (Å²) in [5.41, 5.74) is 2.00. The van der Waals surface area contributed by atoms with E-state index in [1.165, 1.54) is 0 Å². The molecule has 116 valence electrons. The minimum atomic E-state index is -0.789. The zero-order chi connectivity index (χ0) is 15.2. The Kier molecular flexibility index (Phi) is 5.73. The predicted octanol–water partition coefficient (Wildman–Crippen LogP) is 2.29. The number of rotatable bonds is 7. The summed E-state index contributed by atoms with van der Waals surface area (Å²) in [5, 5.41) is 12.3. The molecule has 0 bridgehead atoms. The highest BCUT2D eigenvalue weighted by atomic mass is 16.7. The molecule has 1 saturated heterocycles. The first-order chi connectivity index (χ1) is 10.2. The van der Waals surface area contributed by atoms with Crippen LogP contribution in [0.3, 0.4) is 0 Å². The maximum atomic E-state index is 11.2. The molecule has 0 amide bonds. The van der Waals surface area contributed by atoms with Crippen molar-refractivity contribution in [2.75, 3.05) is 19.8 Å². The van der Waals surface area contributed by atoms with Gasteiger partial charge in [-0.3, -0.25) is 4.79 Å². The summed E-state index contributed by atoms with van der Waals surface area (Å²) >= 11 is 0. The van der Waals surface area contributed by atoms with E-state index in [4.69, 9.17) is 9.47 Å². The Labute approximate surface area is 125 Å². The summed E-state index contributed by atoms with van der Waals surface area (Å²) in [6, 6.07) is 7.39. The minimum absolute atomic E-state index is 0.0224. The zero-order valence-corrected chi connectivity index (χ0v) is 12.5. The smallest absolute Gasteiger partial charge is 0.321 e. The van der Waals surface area contributed by atoms with Crippen LogP contribution >= 0.6 is 0 Å². The molecule has 1 aromatic rings. The van der Waals surface area contributed by atoms with Crippen molar-refractivity contribution in [3.05, 3.63) is 35.4 Å². The van der Waals surface area contributed by atoms with Gasteiger partial charge in [0.05, 0.1) is 0 Å². The summed E-state index contributed by atoms with van der Waals surface area (Å²) < 4.78 is 11.1. The van der Waals surface area contributed by atoms with Crippen LogP contribution in [0.4, 0.5) is 0 Å². The van der Waals surface area contributed by atoms with Gasteiger partial charge in [0.2, 0.25) is 0 Å². The number of aliphatic carboxylic acids is 1. The fourth-order valence-corrected chi connectivity index (χ4v) is 2.77. The quantitative estimate of drug-likeness (QED) is 0.755. The van der Waals surface area contributed by atoms with Crippen molar-refractivity contribution in [2.45, 2.75) is 38.5 Å². The third-order valence-electron chi connectivity index (χ3n) is 3.76. The van der Waals surface area contributed by atoms with Crippen molar-refractivity contribution in [1.82, 2.24) is 5.32 Å². The van der Waals surface area contributed by atoms with Crippen molar-refractivity contribution in [2.24, 2.45) is 0 Å². The average molecular weight is 293 g/mol. The third-order valence-corrected chi connectivity index (χ3v) is 3.76. The van der Waals surface area contributed by atoms with E-state index in [1.54, 1.807) is 0 Å². The Balaban J connectivity index is 2.12. The van der Waals surface area contributed by atoms with E-state index in [9.17, 15) is 9.90 Å². The van der Waals surface area contributed by atoms with Gasteiger partial charge in [-0.1, -0.05) is 24.3 Å². The zero-order valence-electron chi connectivity index (χ0n) is 12.5. The summed E-state index contributed by atoms with van der Waals surface area (Å²) in [5.74, 6) is -0.766. The number of carboxylic acids is 1. The average Bonchev–Trinajstić information content (AvgIpc) is 2.97. The van der Waals surface area contributed by atoms with Gasteiger partial charge in [0.1, 0.15) is 6.04 Å². The lowest BCUT2D eigenvalue weighted by Gasteiger charge is -2.19. The number of hydrogen-bond acceptors (Lipinski definition) is 4. The molecule has 0 spiro atoms. The molecule has 2 unspecified atom stereocenters. The molecule has 5 nitrogen and oxygen atoms in total. The van der Waals surface area contributed by atoms with Crippen LogP contribution in [0.5, 0.6) is 0 Å². The van der Waals surface area contributed by atoms with Gasteiger partial charge in [-0.2, -0.15) is 0 Å². The van der Waals surface area contributed by atoms with Crippen LogP contribution in [0.15, 0.2) is 24.3 Å². The summed E-state index contributed by atoms with van der Waals surface area (Å²) in [7, 11) is 0. The first-order valence-corrected chi connectivity index (χ1v) is 7.46. The molecule has 5 heteroatoms. The first-order valence-electron chi connectivity index (χ1n) is 7.46. The van der Waals surface area contributed by atoms with Gasteiger partial charge in [0.25, 0.3) is 0 Å². The maximum Gasteiger partial charge on any atom is 0.321 e. The van der Waals surface area contributed by atoms with Gasteiger partial charge >= 0.3 is 5.97 Å². The molecule has 2 N–H and O–H groups in total. The summed E-state index contributed by atoms with van der Waals surface area (Å²) in [4.78, 5) is 11.2. The molecule has 21 heavy (non-hydrogen) atoms. The lowest BCUT2D eigenvalue weighted by atomic mass is 9.91. The van der Waals surface area contributed by atoms with Crippen LogP contribution in [0.2, 0.25) is 0 Å². The van der Waals surface area contributed by atoms with E-state index in [2.05, 4.69) is 5.32 Å². The second-order valence-corrected chi connectivity index (χ2v) is 5.07. The first kappa shape index (κ1) is 15.9. The molecule has 0 aliphatic carbocycles. The van der Waals surface area contributed by atoms with Gasteiger partial charge in [0.15, 0.2) is 6.29 Å². The Morgan fingerprint density at radius 2 is 1.90 bits per heavy atom. The molecule has 0 aromatic heterocycles. The number of hydrogen-bond donors (Lipinski definition) is 2. The molecular formula is C16H23NO4. The number of carbonyl (C=O) groups is 1. The third kappa shape index (κ3) is 3.81. The Hall–Kier alpha value is -1.43. The fourth-order valence-electron chi connectivity index (χ4n) is 2.77. The topological polar surface area (TPSA) is 67.8 Å². The van der Waals surface area contributed by atoms with Crippen LogP contribution in [0.25, 0.3) is 0 Å². The van der Waals surface area contributed by atoms with Gasteiger partial charge in [-0.15, -0.1) is 0 Å². The molecule has 1 heterocycles. The van der Waals surface area contributed by atoms with E-state index in [0.717, 1.165) is 24.1 Å². The molecule has 2 rings (SSSR count). The number of benzene rings is 1. The molecule has 0 saturated carbocycles. The van der Waals surface area contributed by atoms with Crippen molar-refractivity contribution in [1.29, 1.82) is 0 Å². The van der Waals surface area contributed by atoms with Gasteiger partial charge in [-0.05, 0) is 32.4 Å². The Morgan fingerprint density at radius 3 is 2.43 bits per heavy atom. The number of nitrogens with one attached hydrogen (secondary N) is 1. The van der Waals surface area contributed by atoms with Crippen LogP contribution in [0.1, 0.15) is 43.6 Å². The molecular weight excluding hydrogens is 270 g/mol. The van der Waals surface area contributed by atoms with E-state index in [-0.39, 0.29) is 12.2 Å². The lowest BCUT2D eigenvalue weighted by molar-refractivity contribution is -0.140. The molecule has 1 fully saturated rings. The Bertz CT molecular complexity index is 454. The van der Waals surface area contributed by atoms with Crippen molar-refractivity contribution < 1.29 is 19.4 Å². The van der Waals surface area contributed by atoms with E-state index < -0.39 is 12.0 Å². The molecule has 0 radical (unpaired) electrons. The standard InChI is InChI=1S/C16H23NO4/c1-3-20-16(21-4-2)12-7-5-11(6-8-12)13-9-10-17-14(13)15(18)19/h5-8,13-14,16-17H,3-4,9-10H2,1-2H3,(H,18,19). The van der Waals surface area contributed by atoms with Crippen LogP contribution in [-0.2, 0) is 14.3 Å². The SMILES string of the molecule is CCOC(OCC)c1ccc(C2CCNC2C(=O)O)cc1.